The van der Waals surface area contributed by atoms with Gasteiger partial charge in [-0.1, -0.05) is 24.3 Å². The molecule has 5 heteroatoms. The molecular formula is C14H17N3OS. The van der Waals surface area contributed by atoms with Crippen molar-refractivity contribution in [1.29, 1.82) is 0 Å². The predicted octanol–water partition coefficient (Wildman–Crippen LogP) is 1.35. The van der Waals surface area contributed by atoms with Gasteiger partial charge < -0.3 is 10.1 Å². The Labute approximate surface area is 118 Å². The molecule has 0 atom stereocenters. The van der Waals surface area contributed by atoms with Gasteiger partial charge in [-0.15, -0.1) is 0 Å². The van der Waals surface area contributed by atoms with Crippen molar-refractivity contribution >= 4 is 23.4 Å². The Morgan fingerprint density at radius 3 is 2.68 bits per heavy atom. The van der Waals surface area contributed by atoms with Crippen molar-refractivity contribution in [3.8, 4) is 0 Å². The summed E-state index contributed by atoms with van der Waals surface area (Å²) in [5, 5.41) is 3.65. The molecule has 0 bridgehead atoms. The molecule has 0 spiro atoms. The highest BCUT2D eigenvalue weighted by atomic mass is 32.1. The summed E-state index contributed by atoms with van der Waals surface area (Å²) >= 11 is 5.26. The zero-order valence-corrected chi connectivity index (χ0v) is 11.7. The van der Waals surface area contributed by atoms with E-state index in [1.54, 1.807) is 0 Å². The van der Waals surface area contributed by atoms with Gasteiger partial charge >= 0.3 is 0 Å². The van der Waals surface area contributed by atoms with Gasteiger partial charge in [-0.2, -0.15) is 0 Å². The van der Waals surface area contributed by atoms with Gasteiger partial charge in [0.05, 0.1) is 12.6 Å². The molecule has 3 rings (SSSR count). The lowest BCUT2D eigenvalue weighted by molar-refractivity contribution is 0.348. The fourth-order valence-electron chi connectivity index (χ4n) is 2.62. The first-order valence-corrected chi connectivity index (χ1v) is 6.95. The fraction of sp³-hybridized carbons (Fsp3) is 0.429. The number of thiocarbonyl (C=S) groups is 1. The summed E-state index contributed by atoms with van der Waals surface area (Å²) in [5.41, 5.74) is 2.80. The minimum absolute atomic E-state index is 0.271. The topological polar surface area (TPSA) is 36.9 Å². The number of amidine groups is 1. The molecular weight excluding hydrogens is 258 g/mol. The van der Waals surface area contributed by atoms with Gasteiger partial charge in [0.25, 0.3) is 6.02 Å². The Morgan fingerprint density at radius 2 is 2.05 bits per heavy atom. The first-order chi connectivity index (χ1) is 9.28. The van der Waals surface area contributed by atoms with Crippen LogP contribution in [0.3, 0.4) is 0 Å². The van der Waals surface area contributed by atoms with E-state index in [1.807, 2.05) is 11.9 Å². The minimum atomic E-state index is 0.271. The summed E-state index contributed by atoms with van der Waals surface area (Å²) in [4.78, 5) is 6.66. The predicted molar refractivity (Wildman–Crippen MR) is 79.4 cm³/mol. The quantitative estimate of drug-likeness (QED) is 0.785. The molecule has 1 heterocycles. The SMILES string of the molecule is CNC(=S)N1CCO/C1=N\C1Cc2ccccc2C1. The van der Waals surface area contributed by atoms with Crippen molar-refractivity contribution in [3.63, 3.8) is 0 Å². The number of hydrogen-bond donors (Lipinski definition) is 1. The van der Waals surface area contributed by atoms with Gasteiger partial charge in [0, 0.05) is 7.05 Å². The van der Waals surface area contributed by atoms with Crippen LogP contribution in [0.5, 0.6) is 0 Å². The van der Waals surface area contributed by atoms with Crippen LogP contribution in [-0.2, 0) is 17.6 Å². The second-order valence-electron chi connectivity index (χ2n) is 4.80. The van der Waals surface area contributed by atoms with E-state index in [4.69, 9.17) is 21.9 Å². The number of nitrogens with one attached hydrogen (secondary N) is 1. The molecule has 4 nitrogen and oxygen atoms in total. The summed E-state index contributed by atoms with van der Waals surface area (Å²) in [6.45, 7) is 1.43. The van der Waals surface area contributed by atoms with Crippen LogP contribution in [0.25, 0.3) is 0 Å². The van der Waals surface area contributed by atoms with E-state index >= 15 is 0 Å². The molecule has 1 aromatic carbocycles. The third-order valence-corrected chi connectivity index (χ3v) is 3.98. The normalized spacial score (nSPS) is 20.5. The Morgan fingerprint density at radius 1 is 1.37 bits per heavy atom. The van der Waals surface area contributed by atoms with Crippen LogP contribution in [-0.4, -0.2) is 42.3 Å². The summed E-state index contributed by atoms with van der Waals surface area (Å²) in [7, 11) is 1.82. The number of rotatable bonds is 1. The Hall–Kier alpha value is -1.62. The van der Waals surface area contributed by atoms with Crippen molar-refractivity contribution in [2.24, 2.45) is 4.99 Å². The van der Waals surface area contributed by atoms with Crippen molar-refractivity contribution in [1.82, 2.24) is 10.2 Å². The molecule has 0 radical (unpaired) electrons. The van der Waals surface area contributed by atoms with Crippen LogP contribution in [0.4, 0.5) is 0 Å². The van der Waals surface area contributed by atoms with Crippen LogP contribution in [0, 0.1) is 0 Å². The number of fused-ring (bicyclic) bond motifs is 1. The summed E-state index contributed by atoms with van der Waals surface area (Å²) in [5.74, 6) is 0. The first kappa shape index (κ1) is 12.4. The smallest absolute Gasteiger partial charge is 0.294 e. The van der Waals surface area contributed by atoms with Crippen molar-refractivity contribution in [2.45, 2.75) is 18.9 Å². The van der Waals surface area contributed by atoms with E-state index in [9.17, 15) is 0 Å². The second-order valence-corrected chi connectivity index (χ2v) is 5.18. The lowest BCUT2D eigenvalue weighted by Gasteiger charge is -2.17. The molecule has 0 aromatic heterocycles. The number of aliphatic imine (C=N–C) groups is 1. The van der Waals surface area contributed by atoms with Crippen LogP contribution in [0.1, 0.15) is 11.1 Å². The molecule has 1 aliphatic carbocycles. The van der Waals surface area contributed by atoms with E-state index < -0.39 is 0 Å². The summed E-state index contributed by atoms with van der Waals surface area (Å²) in [6.07, 6.45) is 1.98. The third kappa shape index (κ3) is 2.42. The van der Waals surface area contributed by atoms with E-state index in [2.05, 4.69) is 29.6 Å². The van der Waals surface area contributed by atoms with E-state index in [0.717, 1.165) is 19.4 Å². The molecule has 1 fully saturated rings. The highest BCUT2D eigenvalue weighted by Crippen LogP contribution is 2.24. The molecule has 2 aliphatic rings. The van der Waals surface area contributed by atoms with Gasteiger partial charge in [0.1, 0.15) is 6.61 Å². The van der Waals surface area contributed by atoms with Crippen LogP contribution < -0.4 is 5.32 Å². The molecule has 0 unspecified atom stereocenters. The fourth-order valence-corrected chi connectivity index (χ4v) is 2.78. The zero-order valence-electron chi connectivity index (χ0n) is 10.9. The Kier molecular flexibility index (Phi) is 3.38. The summed E-state index contributed by atoms with van der Waals surface area (Å²) < 4.78 is 5.60. The largest absolute Gasteiger partial charge is 0.463 e. The minimum Gasteiger partial charge on any atom is -0.463 e. The van der Waals surface area contributed by atoms with Gasteiger partial charge in [-0.25, -0.2) is 4.99 Å². The maximum absolute atomic E-state index is 5.60. The Bertz CT molecular complexity index is 504. The second kappa shape index (κ2) is 5.17. The van der Waals surface area contributed by atoms with E-state index in [1.165, 1.54) is 11.1 Å². The molecule has 1 saturated heterocycles. The van der Waals surface area contributed by atoms with Gasteiger partial charge in [-0.3, -0.25) is 4.90 Å². The van der Waals surface area contributed by atoms with E-state index in [0.29, 0.717) is 17.7 Å². The molecule has 1 aliphatic heterocycles. The zero-order chi connectivity index (χ0) is 13.2. The monoisotopic (exact) mass is 275 g/mol. The van der Waals surface area contributed by atoms with Crippen molar-refractivity contribution < 1.29 is 4.74 Å². The number of benzene rings is 1. The molecule has 19 heavy (non-hydrogen) atoms. The molecule has 0 saturated carbocycles. The van der Waals surface area contributed by atoms with Crippen LogP contribution >= 0.6 is 12.2 Å². The highest BCUT2D eigenvalue weighted by molar-refractivity contribution is 7.80. The van der Waals surface area contributed by atoms with Gasteiger partial charge in [-0.05, 0) is 36.2 Å². The Balaban J connectivity index is 1.75. The maximum Gasteiger partial charge on any atom is 0.294 e. The average Bonchev–Trinajstić information content (AvgIpc) is 3.04. The van der Waals surface area contributed by atoms with Gasteiger partial charge in [0.15, 0.2) is 5.11 Å². The summed E-state index contributed by atoms with van der Waals surface area (Å²) in [6, 6.07) is 9.47. The van der Waals surface area contributed by atoms with Crippen LogP contribution in [0.15, 0.2) is 29.3 Å². The van der Waals surface area contributed by atoms with Crippen molar-refractivity contribution in [3.05, 3.63) is 35.4 Å². The number of nitrogens with zero attached hydrogens (tertiary/aromatic N) is 2. The first-order valence-electron chi connectivity index (χ1n) is 6.54. The van der Waals surface area contributed by atoms with Crippen LogP contribution in [0.2, 0.25) is 0 Å². The molecule has 0 amide bonds. The lowest BCUT2D eigenvalue weighted by Crippen LogP contribution is -2.39. The number of hydrogen-bond acceptors (Lipinski definition) is 3. The highest BCUT2D eigenvalue weighted by Gasteiger charge is 2.27. The molecule has 100 valence electrons. The van der Waals surface area contributed by atoms with Crippen molar-refractivity contribution in [2.75, 3.05) is 20.2 Å². The molecule has 1 N–H and O–H groups in total. The standard InChI is InChI=1S/C14H17N3OS/c1-15-14(19)17-6-7-18-13(17)16-12-8-10-4-2-3-5-11(10)9-12/h2-5,12H,6-9H2,1H3,(H,15,19)/b16-13-. The average molecular weight is 275 g/mol. The van der Waals surface area contributed by atoms with E-state index in [-0.39, 0.29) is 6.04 Å². The lowest BCUT2D eigenvalue weighted by atomic mass is 10.1. The molecule has 1 aromatic rings. The number of ether oxygens (including phenoxy) is 1. The van der Waals surface area contributed by atoms with Gasteiger partial charge in [0.2, 0.25) is 0 Å². The third-order valence-electron chi connectivity index (χ3n) is 3.56. The maximum atomic E-state index is 5.60.